The van der Waals surface area contributed by atoms with Crippen LogP contribution < -0.4 is 10.9 Å². The van der Waals surface area contributed by atoms with Crippen molar-refractivity contribution in [2.45, 2.75) is 6.92 Å². The molecule has 3 rings (SSSR count). The third-order valence-electron chi connectivity index (χ3n) is 2.61. The summed E-state index contributed by atoms with van der Waals surface area (Å²) in [6, 6.07) is 7.86. The molecule has 6 nitrogen and oxygen atoms in total. The lowest BCUT2D eigenvalue weighted by atomic mass is 10.2. The molecule has 0 radical (unpaired) electrons. The maximum Gasteiger partial charge on any atom is 0.255 e. The second kappa shape index (κ2) is 3.39. The highest BCUT2D eigenvalue weighted by molar-refractivity contribution is 5.90. The zero-order valence-corrected chi connectivity index (χ0v) is 9.62. The molecule has 6 heteroatoms. The first-order valence-electron chi connectivity index (χ1n) is 5.27. The fourth-order valence-corrected chi connectivity index (χ4v) is 1.91. The third-order valence-corrected chi connectivity index (χ3v) is 2.61. The second-order valence-corrected chi connectivity index (χ2v) is 3.93. The molecule has 2 N–H and O–H groups in total. The van der Waals surface area contributed by atoms with E-state index >= 15 is 0 Å². The number of anilines is 1. The second-order valence-electron chi connectivity index (χ2n) is 3.93. The highest BCUT2D eigenvalue weighted by atomic mass is 15.4. The Kier molecular flexibility index (Phi) is 1.99. The van der Waals surface area contributed by atoms with Crippen molar-refractivity contribution in [2.24, 2.45) is 5.84 Å². The van der Waals surface area contributed by atoms with E-state index < -0.39 is 0 Å². The van der Waals surface area contributed by atoms with Crippen LogP contribution in [0.15, 0.2) is 24.3 Å². The van der Waals surface area contributed by atoms with Crippen LogP contribution >= 0.6 is 0 Å². The van der Waals surface area contributed by atoms with Crippen LogP contribution in [0.3, 0.4) is 0 Å². The molecule has 2 heterocycles. The van der Waals surface area contributed by atoms with Crippen molar-refractivity contribution < 1.29 is 0 Å². The lowest BCUT2D eigenvalue weighted by Crippen LogP contribution is -2.26. The fourth-order valence-electron chi connectivity index (χ4n) is 1.91. The largest absolute Gasteiger partial charge is 0.297 e. The molecule has 0 atom stereocenters. The molecule has 0 saturated heterocycles. The Bertz CT molecular complexity index is 700. The van der Waals surface area contributed by atoms with Crippen LogP contribution in [-0.4, -0.2) is 26.6 Å². The maximum absolute atomic E-state index is 5.79. The number of aryl methyl sites for hydroxylation is 1. The Balaban J connectivity index is 2.53. The fraction of sp³-hybridized carbons (Fsp3) is 0.182. The first-order valence-corrected chi connectivity index (χ1v) is 5.27. The molecule has 1 aromatic carbocycles. The van der Waals surface area contributed by atoms with E-state index in [1.165, 1.54) is 5.01 Å². The molecule has 0 aliphatic heterocycles. The number of aromatic nitrogens is 4. The van der Waals surface area contributed by atoms with Crippen molar-refractivity contribution in [2.75, 3.05) is 12.1 Å². The van der Waals surface area contributed by atoms with Crippen LogP contribution in [-0.2, 0) is 0 Å². The van der Waals surface area contributed by atoms with E-state index in [1.54, 1.807) is 11.6 Å². The number of hydrogen-bond donors (Lipinski definition) is 1. The van der Waals surface area contributed by atoms with E-state index in [2.05, 4.69) is 15.1 Å². The number of benzene rings is 1. The highest BCUT2D eigenvalue weighted by Crippen LogP contribution is 2.23. The predicted molar refractivity (Wildman–Crippen MR) is 65.6 cm³/mol. The lowest BCUT2D eigenvalue weighted by Gasteiger charge is -2.13. The van der Waals surface area contributed by atoms with Crippen LogP contribution in [0.25, 0.3) is 16.7 Å². The lowest BCUT2D eigenvalue weighted by molar-refractivity contribution is 0.935. The highest BCUT2D eigenvalue weighted by Gasteiger charge is 2.11. The molecule has 0 unspecified atom stereocenters. The van der Waals surface area contributed by atoms with E-state index in [4.69, 9.17) is 5.84 Å². The minimum atomic E-state index is 0.563. The summed E-state index contributed by atoms with van der Waals surface area (Å²) in [5.41, 5.74) is 0.949. The normalized spacial score (nSPS) is 11.2. The Morgan fingerprint density at radius 1 is 1.24 bits per heavy atom. The Morgan fingerprint density at radius 2 is 2.00 bits per heavy atom. The van der Waals surface area contributed by atoms with Gasteiger partial charge in [0.05, 0.1) is 5.52 Å². The number of rotatable bonds is 1. The van der Waals surface area contributed by atoms with Crippen LogP contribution in [0.2, 0.25) is 0 Å². The van der Waals surface area contributed by atoms with Gasteiger partial charge >= 0.3 is 0 Å². The minimum Gasteiger partial charge on any atom is -0.297 e. The van der Waals surface area contributed by atoms with Crippen molar-refractivity contribution in [1.82, 2.24) is 19.6 Å². The monoisotopic (exact) mass is 228 g/mol. The van der Waals surface area contributed by atoms with Crippen molar-refractivity contribution >= 4 is 22.5 Å². The molecule has 0 aliphatic rings. The number of nitrogens with two attached hydrogens (primary N) is 1. The summed E-state index contributed by atoms with van der Waals surface area (Å²) in [6.07, 6.45) is 0. The van der Waals surface area contributed by atoms with Crippen LogP contribution in [0.4, 0.5) is 5.82 Å². The summed E-state index contributed by atoms with van der Waals surface area (Å²) in [4.78, 5) is 8.68. The molecule has 2 aromatic heterocycles. The third kappa shape index (κ3) is 1.42. The quantitative estimate of drug-likeness (QED) is 0.495. The molecule has 0 amide bonds. The van der Waals surface area contributed by atoms with Gasteiger partial charge in [-0.05, 0) is 19.1 Å². The summed E-state index contributed by atoms with van der Waals surface area (Å²) in [7, 11) is 1.76. The molecule has 3 aromatic rings. The van der Waals surface area contributed by atoms with E-state index in [0.29, 0.717) is 17.4 Å². The van der Waals surface area contributed by atoms with Crippen LogP contribution in [0, 0.1) is 6.92 Å². The van der Waals surface area contributed by atoms with Gasteiger partial charge in [0.25, 0.3) is 5.78 Å². The Hall–Kier alpha value is -2.21. The first-order chi connectivity index (χ1) is 8.16. The van der Waals surface area contributed by atoms with Gasteiger partial charge in [0, 0.05) is 12.4 Å². The molecule has 0 spiro atoms. The van der Waals surface area contributed by atoms with Gasteiger partial charge in [0.15, 0.2) is 5.82 Å². The summed E-state index contributed by atoms with van der Waals surface area (Å²) in [6.45, 7) is 1.84. The molecular weight excluding hydrogens is 216 g/mol. The summed E-state index contributed by atoms with van der Waals surface area (Å²) < 4.78 is 1.73. The average Bonchev–Trinajstić information content (AvgIpc) is 2.68. The zero-order valence-electron chi connectivity index (χ0n) is 9.62. The molecule has 0 aliphatic carbocycles. The first kappa shape index (κ1) is 9.98. The van der Waals surface area contributed by atoms with E-state index in [1.807, 2.05) is 31.2 Å². The van der Waals surface area contributed by atoms with Gasteiger partial charge in [-0.15, -0.1) is 5.10 Å². The number of fused-ring (bicyclic) bond motifs is 3. The van der Waals surface area contributed by atoms with Crippen LogP contribution in [0.1, 0.15) is 5.82 Å². The van der Waals surface area contributed by atoms with Gasteiger partial charge in [-0.1, -0.05) is 12.1 Å². The molecule has 0 bridgehead atoms. The maximum atomic E-state index is 5.79. The SMILES string of the molecule is Cc1nc2nc(N(C)N)c3ccccc3n2n1. The van der Waals surface area contributed by atoms with Gasteiger partial charge in [0.1, 0.15) is 5.82 Å². The van der Waals surface area contributed by atoms with Gasteiger partial charge in [-0.3, -0.25) is 5.01 Å². The predicted octanol–water partition coefficient (Wildman–Crippen LogP) is 0.896. The van der Waals surface area contributed by atoms with Gasteiger partial charge in [-0.2, -0.15) is 14.5 Å². The van der Waals surface area contributed by atoms with E-state index in [-0.39, 0.29) is 0 Å². The number of nitrogens with zero attached hydrogens (tertiary/aromatic N) is 5. The topological polar surface area (TPSA) is 72.3 Å². The summed E-state index contributed by atoms with van der Waals surface area (Å²) in [5.74, 6) is 7.74. The van der Waals surface area contributed by atoms with Crippen molar-refractivity contribution in [3.63, 3.8) is 0 Å². The number of para-hydroxylation sites is 1. The molecule has 17 heavy (non-hydrogen) atoms. The summed E-state index contributed by atoms with van der Waals surface area (Å²) in [5, 5.41) is 6.77. The van der Waals surface area contributed by atoms with E-state index in [0.717, 1.165) is 10.9 Å². The van der Waals surface area contributed by atoms with Crippen molar-refractivity contribution in [3.8, 4) is 0 Å². The van der Waals surface area contributed by atoms with Gasteiger partial charge in [0.2, 0.25) is 0 Å². The Morgan fingerprint density at radius 3 is 2.76 bits per heavy atom. The minimum absolute atomic E-state index is 0.563. The van der Waals surface area contributed by atoms with Gasteiger partial charge in [-0.25, -0.2) is 5.84 Å². The standard InChI is InChI=1S/C11H12N6/c1-7-13-11-14-10(16(2)12)8-5-3-4-6-9(8)17(11)15-7/h3-6H,12H2,1-2H3. The van der Waals surface area contributed by atoms with Crippen LogP contribution in [0.5, 0.6) is 0 Å². The van der Waals surface area contributed by atoms with E-state index in [9.17, 15) is 0 Å². The number of hydrazine groups is 1. The average molecular weight is 228 g/mol. The Labute approximate surface area is 97.7 Å². The molecule has 0 fully saturated rings. The van der Waals surface area contributed by atoms with Crippen molar-refractivity contribution in [1.29, 1.82) is 0 Å². The molecule has 0 saturated carbocycles. The van der Waals surface area contributed by atoms with Gasteiger partial charge < -0.3 is 0 Å². The van der Waals surface area contributed by atoms with Crippen molar-refractivity contribution in [3.05, 3.63) is 30.1 Å². The zero-order chi connectivity index (χ0) is 12.0. The molecular formula is C11H12N6. The molecule has 86 valence electrons. The number of hydrogen-bond acceptors (Lipinski definition) is 5. The smallest absolute Gasteiger partial charge is 0.255 e. The summed E-state index contributed by atoms with van der Waals surface area (Å²) >= 11 is 0.